The summed E-state index contributed by atoms with van der Waals surface area (Å²) in [5, 5.41) is 0. The number of ketones is 1. The Morgan fingerprint density at radius 2 is 1.84 bits per heavy atom. The van der Waals surface area contributed by atoms with Crippen molar-refractivity contribution >= 4 is 21.6 Å². The van der Waals surface area contributed by atoms with E-state index in [1.165, 1.54) is 33.1 Å². The normalized spacial score (nSPS) is 19.1. The quantitative estimate of drug-likeness (QED) is 0.730. The Hall–Kier alpha value is -1.69. The number of rotatable bonds is 1. The molecule has 0 aliphatic carbocycles. The van der Waals surface area contributed by atoms with Gasteiger partial charge in [-0.15, -0.1) is 0 Å². The molecule has 0 saturated carbocycles. The first-order valence-electron chi connectivity index (χ1n) is 5.67. The maximum Gasteiger partial charge on any atom is 0.338 e. The molecular weight excluding hydrogens is 268 g/mol. The van der Waals surface area contributed by atoms with Crippen LogP contribution in [0.4, 0.5) is 0 Å². The lowest BCUT2D eigenvalue weighted by atomic mass is 9.97. The van der Waals surface area contributed by atoms with Crippen LogP contribution in [0.1, 0.15) is 40.1 Å². The second-order valence-electron chi connectivity index (χ2n) is 5.00. The van der Waals surface area contributed by atoms with Gasteiger partial charge in [-0.05, 0) is 38.5 Å². The van der Waals surface area contributed by atoms with Crippen molar-refractivity contribution < 1.29 is 22.7 Å². The molecule has 6 heteroatoms. The number of benzene rings is 1. The molecule has 0 spiro atoms. The van der Waals surface area contributed by atoms with Crippen LogP contribution in [0.15, 0.2) is 17.0 Å². The number of ether oxygens (including phenoxy) is 1. The molecule has 0 bridgehead atoms. The van der Waals surface area contributed by atoms with Crippen LogP contribution in [-0.2, 0) is 14.6 Å². The first kappa shape index (κ1) is 13.7. The zero-order valence-electron chi connectivity index (χ0n) is 11.1. The molecule has 0 atom stereocenters. The molecule has 1 aromatic rings. The van der Waals surface area contributed by atoms with Gasteiger partial charge < -0.3 is 4.74 Å². The lowest BCUT2D eigenvalue weighted by Crippen LogP contribution is -2.33. The minimum atomic E-state index is -3.77. The third kappa shape index (κ3) is 1.63. The molecule has 19 heavy (non-hydrogen) atoms. The fourth-order valence-corrected chi connectivity index (χ4v) is 3.76. The number of aryl methyl sites for hydroxylation is 1. The smallest absolute Gasteiger partial charge is 0.338 e. The van der Waals surface area contributed by atoms with Crippen LogP contribution in [0, 0.1) is 6.92 Å². The zero-order chi connectivity index (χ0) is 14.6. The van der Waals surface area contributed by atoms with Crippen molar-refractivity contribution in [2.75, 3.05) is 7.11 Å². The van der Waals surface area contributed by atoms with Crippen molar-refractivity contribution in [3.05, 3.63) is 28.8 Å². The SMILES string of the molecule is COC(=O)c1cc2c(cc1C)C(=O)C(C)(C)S2(=O)=O. The molecule has 0 aromatic heterocycles. The standard InChI is InChI=1S/C13H14O5S/c1-7-5-9-10(6-8(7)12(15)18-4)19(16,17)13(2,3)11(9)14/h5-6H,1-4H3. The van der Waals surface area contributed by atoms with Gasteiger partial charge in [0.1, 0.15) is 4.75 Å². The summed E-state index contributed by atoms with van der Waals surface area (Å²) in [6, 6.07) is 2.68. The molecular formula is C13H14O5S. The molecule has 1 aliphatic heterocycles. The number of Topliss-reactive ketones (excluding diaryl/α,β-unsaturated/α-hetero) is 1. The minimum absolute atomic E-state index is 0.0894. The van der Waals surface area contributed by atoms with E-state index in [2.05, 4.69) is 4.74 Å². The predicted octanol–water partition coefficient (Wildman–Crippen LogP) is 1.53. The Morgan fingerprint density at radius 3 is 2.37 bits per heavy atom. The lowest BCUT2D eigenvalue weighted by Gasteiger charge is -2.13. The van der Waals surface area contributed by atoms with Crippen LogP contribution >= 0.6 is 0 Å². The van der Waals surface area contributed by atoms with Gasteiger partial charge in [-0.25, -0.2) is 13.2 Å². The molecule has 1 aromatic carbocycles. The number of fused-ring (bicyclic) bond motifs is 1. The third-order valence-corrected chi connectivity index (χ3v) is 5.93. The average Bonchev–Trinajstić information content (AvgIpc) is 2.47. The van der Waals surface area contributed by atoms with Crippen LogP contribution in [0.3, 0.4) is 0 Å². The molecule has 5 nitrogen and oxygen atoms in total. The lowest BCUT2D eigenvalue weighted by molar-refractivity contribution is 0.0599. The monoisotopic (exact) mass is 282 g/mol. The van der Waals surface area contributed by atoms with Crippen LogP contribution in [0.2, 0.25) is 0 Å². The van der Waals surface area contributed by atoms with Gasteiger partial charge in [0.15, 0.2) is 15.6 Å². The van der Waals surface area contributed by atoms with Crippen LogP contribution in [0.25, 0.3) is 0 Å². The van der Waals surface area contributed by atoms with Gasteiger partial charge in [-0.1, -0.05) is 0 Å². The minimum Gasteiger partial charge on any atom is -0.465 e. The summed E-state index contributed by atoms with van der Waals surface area (Å²) in [6.07, 6.45) is 0. The fourth-order valence-electron chi connectivity index (χ4n) is 2.14. The van der Waals surface area contributed by atoms with E-state index in [1.807, 2.05) is 0 Å². The number of carbonyl (C=O) groups is 2. The highest BCUT2D eigenvalue weighted by Crippen LogP contribution is 2.40. The van der Waals surface area contributed by atoms with Crippen LogP contribution < -0.4 is 0 Å². The highest BCUT2D eigenvalue weighted by Gasteiger charge is 2.51. The van der Waals surface area contributed by atoms with E-state index in [9.17, 15) is 18.0 Å². The van der Waals surface area contributed by atoms with E-state index in [-0.39, 0.29) is 16.0 Å². The summed E-state index contributed by atoms with van der Waals surface area (Å²) < 4.78 is 27.8. The first-order chi connectivity index (χ1) is 8.64. The van der Waals surface area contributed by atoms with E-state index in [0.717, 1.165) is 0 Å². The van der Waals surface area contributed by atoms with Crippen molar-refractivity contribution in [1.29, 1.82) is 0 Å². The van der Waals surface area contributed by atoms with Crippen molar-refractivity contribution in [3.8, 4) is 0 Å². The molecule has 0 unspecified atom stereocenters. The summed E-state index contributed by atoms with van der Waals surface area (Å²) >= 11 is 0. The van der Waals surface area contributed by atoms with Gasteiger partial charge in [0.05, 0.1) is 17.6 Å². The first-order valence-corrected chi connectivity index (χ1v) is 7.15. The number of methoxy groups -OCH3 is 1. The Labute approximate surface area is 111 Å². The van der Waals surface area contributed by atoms with E-state index in [4.69, 9.17) is 0 Å². The molecule has 1 heterocycles. The number of hydrogen-bond acceptors (Lipinski definition) is 5. The largest absolute Gasteiger partial charge is 0.465 e. The summed E-state index contributed by atoms with van der Waals surface area (Å²) in [5.41, 5.74) is 0.831. The van der Waals surface area contributed by atoms with Gasteiger partial charge >= 0.3 is 5.97 Å². The van der Waals surface area contributed by atoms with E-state index < -0.39 is 26.3 Å². The van der Waals surface area contributed by atoms with Crippen molar-refractivity contribution in [1.82, 2.24) is 0 Å². The maximum atomic E-state index is 12.3. The Bertz CT molecular complexity index is 698. The summed E-state index contributed by atoms with van der Waals surface area (Å²) in [5.74, 6) is -1.06. The predicted molar refractivity (Wildman–Crippen MR) is 68.1 cm³/mol. The van der Waals surface area contributed by atoms with Gasteiger partial charge in [0, 0.05) is 5.56 Å². The summed E-state index contributed by atoms with van der Waals surface area (Å²) in [6.45, 7) is 4.38. The molecule has 0 N–H and O–H groups in total. The van der Waals surface area contributed by atoms with Gasteiger partial charge in [-0.3, -0.25) is 4.79 Å². The molecule has 0 fully saturated rings. The molecule has 102 valence electrons. The van der Waals surface area contributed by atoms with Gasteiger partial charge in [0.25, 0.3) is 0 Å². The third-order valence-electron chi connectivity index (χ3n) is 3.48. The Morgan fingerprint density at radius 1 is 1.26 bits per heavy atom. The van der Waals surface area contributed by atoms with Crippen LogP contribution in [-0.4, -0.2) is 32.0 Å². The summed E-state index contributed by atoms with van der Waals surface area (Å²) in [4.78, 5) is 23.6. The number of sulfone groups is 1. The van der Waals surface area contributed by atoms with E-state index in [1.54, 1.807) is 6.92 Å². The van der Waals surface area contributed by atoms with Crippen molar-refractivity contribution in [3.63, 3.8) is 0 Å². The van der Waals surface area contributed by atoms with E-state index in [0.29, 0.717) is 5.56 Å². The number of esters is 1. The van der Waals surface area contributed by atoms with Crippen molar-refractivity contribution in [2.24, 2.45) is 0 Å². The van der Waals surface area contributed by atoms with Crippen LogP contribution in [0.5, 0.6) is 0 Å². The molecule has 0 amide bonds. The molecule has 0 radical (unpaired) electrons. The summed E-state index contributed by atoms with van der Waals surface area (Å²) in [7, 11) is -2.55. The second kappa shape index (κ2) is 3.90. The fraction of sp³-hybridized carbons (Fsp3) is 0.385. The van der Waals surface area contributed by atoms with Gasteiger partial charge in [0.2, 0.25) is 0 Å². The highest BCUT2D eigenvalue weighted by molar-refractivity contribution is 7.94. The topological polar surface area (TPSA) is 77.5 Å². The number of carbonyl (C=O) groups excluding carboxylic acids is 2. The molecule has 1 aliphatic rings. The average molecular weight is 282 g/mol. The molecule has 2 rings (SSSR count). The second-order valence-corrected chi connectivity index (χ2v) is 7.47. The highest BCUT2D eigenvalue weighted by atomic mass is 32.2. The Kier molecular flexibility index (Phi) is 2.82. The van der Waals surface area contributed by atoms with Gasteiger partial charge in [-0.2, -0.15) is 0 Å². The Balaban J connectivity index is 2.81. The number of hydrogen-bond donors (Lipinski definition) is 0. The maximum absolute atomic E-state index is 12.3. The zero-order valence-corrected chi connectivity index (χ0v) is 11.9. The molecule has 0 saturated heterocycles. The van der Waals surface area contributed by atoms with Crippen molar-refractivity contribution in [2.45, 2.75) is 30.4 Å². The van der Waals surface area contributed by atoms with E-state index >= 15 is 0 Å².